The quantitative estimate of drug-likeness (QED) is 0.853. The van der Waals surface area contributed by atoms with Crippen LogP contribution in [0.25, 0.3) is 0 Å². The van der Waals surface area contributed by atoms with Gasteiger partial charge >= 0.3 is 5.97 Å². The second kappa shape index (κ2) is 4.02. The smallest absolute Gasteiger partial charge is 0.320 e. The molecule has 0 radical (unpaired) electrons. The molecule has 0 saturated carbocycles. The van der Waals surface area contributed by atoms with E-state index in [4.69, 9.17) is 10.8 Å². The van der Waals surface area contributed by atoms with Gasteiger partial charge in [-0.3, -0.25) is 4.79 Å². The maximum absolute atomic E-state index is 10.4. The molecular weight excluding hydrogens is 242 g/mol. The first kappa shape index (κ1) is 9.70. The summed E-state index contributed by atoms with van der Waals surface area (Å²) in [5.74, 6) is -0.959. The highest BCUT2D eigenvalue weighted by atomic mass is 79.9. The van der Waals surface area contributed by atoms with E-state index in [1.807, 2.05) is 12.1 Å². The number of nitrogens with two attached hydrogens (primary N) is 1. The van der Waals surface area contributed by atoms with Gasteiger partial charge in [-0.15, -0.1) is 11.3 Å². The summed E-state index contributed by atoms with van der Waals surface area (Å²) in [5.41, 5.74) is 5.35. The fourth-order valence-electron chi connectivity index (χ4n) is 0.766. The highest BCUT2D eigenvalue weighted by Gasteiger charge is 2.12. The van der Waals surface area contributed by atoms with Gasteiger partial charge in [0.15, 0.2) is 0 Å². The van der Waals surface area contributed by atoms with Crippen molar-refractivity contribution in [3.8, 4) is 0 Å². The number of aliphatic carboxylic acids is 1. The average molecular weight is 250 g/mol. The maximum Gasteiger partial charge on any atom is 0.320 e. The van der Waals surface area contributed by atoms with Crippen LogP contribution in [0.15, 0.2) is 15.9 Å². The number of rotatable bonds is 3. The Labute approximate surface area is 82.3 Å². The Hall–Kier alpha value is -0.390. The van der Waals surface area contributed by atoms with E-state index in [1.165, 1.54) is 11.3 Å². The number of hydrogen-bond acceptors (Lipinski definition) is 3. The summed E-state index contributed by atoms with van der Waals surface area (Å²) in [4.78, 5) is 11.4. The number of carbonyl (C=O) groups is 1. The Morgan fingerprint density at radius 1 is 1.75 bits per heavy atom. The molecule has 3 N–H and O–H groups in total. The molecule has 0 aliphatic carbocycles. The predicted octanol–water partition coefficient (Wildman–Crippen LogP) is 1.47. The van der Waals surface area contributed by atoms with E-state index in [2.05, 4.69) is 15.9 Å². The van der Waals surface area contributed by atoms with Crippen LogP contribution in [0, 0.1) is 0 Å². The van der Waals surface area contributed by atoms with E-state index < -0.39 is 12.0 Å². The lowest BCUT2D eigenvalue weighted by molar-refractivity contribution is -0.138. The molecule has 0 spiro atoms. The number of carboxylic acid groups (broad SMARTS) is 1. The third-order valence-electron chi connectivity index (χ3n) is 1.37. The Morgan fingerprint density at radius 3 is 2.83 bits per heavy atom. The van der Waals surface area contributed by atoms with Gasteiger partial charge in [0, 0.05) is 11.3 Å². The zero-order chi connectivity index (χ0) is 9.14. The largest absolute Gasteiger partial charge is 0.480 e. The summed E-state index contributed by atoms with van der Waals surface area (Å²) >= 11 is 4.80. The minimum Gasteiger partial charge on any atom is -0.480 e. The SMILES string of the molecule is NC(Cc1ccc(Br)s1)C(=O)O. The van der Waals surface area contributed by atoms with E-state index in [1.54, 1.807) is 0 Å². The monoisotopic (exact) mass is 249 g/mol. The second-order valence-electron chi connectivity index (χ2n) is 2.35. The van der Waals surface area contributed by atoms with Crippen LogP contribution in [0.2, 0.25) is 0 Å². The molecule has 1 rings (SSSR count). The lowest BCUT2D eigenvalue weighted by atomic mass is 10.2. The highest BCUT2D eigenvalue weighted by molar-refractivity contribution is 9.11. The molecule has 0 aromatic carbocycles. The molecule has 0 saturated heterocycles. The molecule has 0 aliphatic rings. The van der Waals surface area contributed by atoms with Gasteiger partial charge in [0.05, 0.1) is 3.79 Å². The van der Waals surface area contributed by atoms with Crippen molar-refractivity contribution in [2.24, 2.45) is 5.73 Å². The van der Waals surface area contributed by atoms with Crippen LogP contribution >= 0.6 is 27.3 Å². The molecule has 12 heavy (non-hydrogen) atoms. The van der Waals surface area contributed by atoms with Gasteiger partial charge in [0.1, 0.15) is 6.04 Å². The second-order valence-corrected chi connectivity index (χ2v) is 4.90. The fourth-order valence-corrected chi connectivity index (χ4v) is 2.31. The van der Waals surface area contributed by atoms with Gasteiger partial charge in [-0.25, -0.2) is 0 Å². The van der Waals surface area contributed by atoms with Crippen LogP contribution in [0.4, 0.5) is 0 Å². The summed E-state index contributed by atoms with van der Waals surface area (Å²) in [7, 11) is 0. The molecule has 1 heterocycles. The zero-order valence-corrected chi connectivity index (χ0v) is 8.56. The zero-order valence-electron chi connectivity index (χ0n) is 6.16. The first-order chi connectivity index (χ1) is 5.59. The van der Waals surface area contributed by atoms with Crippen LogP contribution in [0.1, 0.15) is 4.88 Å². The van der Waals surface area contributed by atoms with Crippen LogP contribution in [-0.4, -0.2) is 17.1 Å². The summed E-state index contributed by atoms with van der Waals surface area (Å²) in [6, 6.07) is 2.96. The highest BCUT2D eigenvalue weighted by Crippen LogP contribution is 2.22. The lowest BCUT2D eigenvalue weighted by Crippen LogP contribution is -2.31. The topological polar surface area (TPSA) is 63.3 Å². The molecular formula is C7H8BrNO2S. The minimum absolute atomic E-state index is 0.394. The third-order valence-corrected chi connectivity index (χ3v) is 3.01. The average Bonchev–Trinajstić information content (AvgIpc) is 2.35. The molecule has 1 unspecified atom stereocenters. The summed E-state index contributed by atoms with van der Waals surface area (Å²) in [6.45, 7) is 0. The maximum atomic E-state index is 10.4. The van der Waals surface area contributed by atoms with Crippen molar-refractivity contribution < 1.29 is 9.90 Å². The van der Waals surface area contributed by atoms with Gasteiger partial charge in [-0.1, -0.05) is 0 Å². The van der Waals surface area contributed by atoms with E-state index in [-0.39, 0.29) is 0 Å². The van der Waals surface area contributed by atoms with E-state index in [0.717, 1.165) is 8.66 Å². The Morgan fingerprint density at radius 2 is 2.42 bits per heavy atom. The van der Waals surface area contributed by atoms with Gasteiger partial charge < -0.3 is 10.8 Å². The van der Waals surface area contributed by atoms with Gasteiger partial charge in [-0.05, 0) is 28.1 Å². The molecule has 1 aromatic rings. The third kappa shape index (κ3) is 2.58. The van der Waals surface area contributed by atoms with Gasteiger partial charge in [0.25, 0.3) is 0 Å². The molecule has 0 amide bonds. The minimum atomic E-state index is -0.959. The Bertz CT molecular complexity index is 287. The van der Waals surface area contributed by atoms with E-state index >= 15 is 0 Å². The van der Waals surface area contributed by atoms with Gasteiger partial charge in [0.2, 0.25) is 0 Å². The first-order valence-corrected chi connectivity index (χ1v) is 4.93. The molecule has 0 fully saturated rings. The normalized spacial score (nSPS) is 12.8. The lowest BCUT2D eigenvalue weighted by Gasteiger charge is -2.02. The van der Waals surface area contributed by atoms with E-state index in [0.29, 0.717) is 6.42 Å². The number of halogens is 1. The Kier molecular flexibility index (Phi) is 3.25. The van der Waals surface area contributed by atoms with Crippen LogP contribution in [0.5, 0.6) is 0 Å². The standard InChI is InChI=1S/C7H8BrNO2S/c8-6-2-1-4(12-6)3-5(9)7(10)11/h1-2,5H,3,9H2,(H,10,11). The van der Waals surface area contributed by atoms with Crippen molar-refractivity contribution in [1.82, 2.24) is 0 Å². The number of hydrogen-bond donors (Lipinski definition) is 2. The summed E-state index contributed by atoms with van der Waals surface area (Å²) < 4.78 is 0.995. The fraction of sp³-hybridized carbons (Fsp3) is 0.286. The molecule has 5 heteroatoms. The Balaban J connectivity index is 2.58. The van der Waals surface area contributed by atoms with Gasteiger partial charge in [-0.2, -0.15) is 0 Å². The van der Waals surface area contributed by atoms with Crippen LogP contribution in [-0.2, 0) is 11.2 Å². The van der Waals surface area contributed by atoms with Crippen molar-refractivity contribution in [3.63, 3.8) is 0 Å². The molecule has 0 bridgehead atoms. The number of thiophene rings is 1. The molecule has 3 nitrogen and oxygen atoms in total. The number of carboxylic acids is 1. The van der Waals surface area contributed by atoms with Crippen LogP contribution in [0.3, 0.4) is 0 Å². The summed E-state index contributed by atoms with van der Waals surface area (Å²) in [5, 5.41) is 8.52. The predicted molar refractivity (Wildman–Crippen MR) is 51.3 cm³/mol. The van der Waals surface area contributed by atoms with Crippen molar-refractivity contribution in [2.45, 2.75) is 12.5 Å². The molecule has 1 aromatic heterocycles. The first-order valence-electron chi connectivity index (χ1n) is 3.32. The van der Waals surface area contributed by atoms with Crippen molar-refractivity contribution in [2.75, 3.05) is 0 Å². The van der Waals surface area contributed by atoms with Crippen molar-refractivity contribution in [3.05, 3.63) is 20.8 Å². The van der Waals surface area contributed by atoms with E-state index in [9.17, 15) is 4.79 Å². The molecule has 66 valence electrons. The van der Waals surface area contributed by atoms with Crippen molar-refractivity contribution >= 4 is 33.2 Å². The molecule has 1 atom stereocenters. The molecule has 0 aliphatic heterocycles. The van der Waals surface area contributed by atoms with Crippen molar-refractivity contribution in [1.29, 1.82) is 0 Å². The van der Waals surface area contributed by atoms with Crippen LogP contribution < -0.4 is 5.73 Å². The summed E-state index contributed by atoms with van der Waals surface area (Å²) in [6.07, 6.45) is 0.394.